The van der Waals surface area contributed by atoms with Crippen molar-refractivity contribution in [2.45, 2.75) is 0 Å². The maximum atomic E-state index is 11.3. The van der Waals surface area contributed by atoms with Crippen molar-refractivity contribution in [3.05, 3.63) is 33.2 Å². The van der Waals surface area contributed by atoms with Gasteiger partial charge in [0, 0.05) is 13.1 Å². The van der Waals surface area contributed by atoms with Gasteiger partial charge in [0.15, 0.2) is 0 Å². The number of aromatic nitrogens is 4. The smallest absolute Gasteiger partial charge is 0.292 e. The van der Waals surface area contributed by atoms with Crippen molar-refractivity contribution in [2.24, 2.45) is 7.05 Å². The van der Waals surface area contributed by atoms with Crippen LogP contribution in [0.15, 0.2) is 21.9 Å². The third kappa shape index (κ3) is 0.714. The van der Waals surface area contributed by atoms with Crippen LogP contribution in [0.3, 0.4) is 0 Å². The molecule has 0 saturated heterocycles. The van der Waals surface area contributed by atoms with Gasteiger partial charge in [-0.25, -0.2) is 14.2 Å². The molecule has 0 fully saturated rings. The van der Waals surface area contributed by atoms with Gasteiger partial charge in [-0.1, -0.05) is 0 Å². The van der Waals surface area contributed by atoms with E-state index in [4.69, 9.17) is 0 Å². The molecule has 6 nitrogen and oxygen atoms in total. The van der Waals surface area contributed by atoms with E-state index in [-0.39, 0.29) is 0 Å². The minimum Gasteiger partial charge on any atom is -0.292 e. The first kappa shape index (κ1) is 6.84. The zero-order valence-corrected chi connectivity index (χ0v) is 6.31. The van der Waals surface area contributed by atoms with Gasteiger partial charge in [0.25, 0.3) is 0 Å². The number of hydrogen-bond acceptors (Lipinski definition) is 3. The maximum absolute atomic E-state index is 11.3. The van der Waals surface area contributed by atoms with Crippen LogP contribution in [0.4, 0.5) is 0 Å². The number of rotatable bonds is 0. The fourth-order valence-electron chi connectivity index (χ4n) is 0.973. The lowest BCUT2D eigenvalue weighted by Gasteiger charge is -1.95. The van der Waals surface area contributed by atoms with Crippen molar-refractivity contribution in [3.8, 4) is 0 Å². The first-order valence-corrected chi connectivity index (χ1v) is 3.33. The van der Waals surface area contributed by atoms with Gasteiger partial charge in [0.2, 0.25) is 0 Å². The number of hydrogen-bond donors (Lipinski definition) is 1. The highest BCUT2D eigenvalue weighted by Gasteiger charge is 2.01. The van der Waals surface area contributed by atoms with E-state index in [0.29, 0.717) is 5.65 Å². The Morgan fingerprint density at radius 2 is 2.25 bits per heavy atom. The van der Waals surface area contributed by atoms with Gasteiger partial charge < -0.3 is 0 Å². The third-order valence-corrected chi connectivity index (χ3v) is 1.65. The summed E-state index contributed by atoms with van der Waals surface area (Å²) in [5.74, 6) is 0. The second-order valence-electron chi connectivity index (χ2n) is 2.40. The number of fused-ring (bicyclic) bond motifs is 1. The van der Waals surface area contributed by atoms with E-state index >= 15 is 0 Å². The summed E-state index contributed by atoms with van der Waals surface area (Å²) in [6.07, 6.45) is 1.45. The van der Waals surface area contributed by atoms with Gasteiger partial charge in [-0.05, 0) is 0 Å². The Labute approximate surface area is 66.1 Å². The van der Waals surface area contributed by atoms with Crippen molar-refractivity contribution in [1.29, 1.82) is 0 Å². The SMILES string of the molecule is Cn1c(=O)[nH]c2ccnn2c1=O. The molecule has 2 rings (SSSR count). The van der Waals surface area contributed by atoms with Crippen LogP contribution >= 0.6 is 0 Å². The largest absolute Gasteiger partial charge is 0.354 e. The van der Waals surface area contributed by atoms with E-state index in [1.807, 2.05) is 0 Å². The summed E-state index contributed by atoms with van der Waals surface area (Å²) in [5.41, 5.74) is -0.477. The van der Waals surface area contributed by atoms with Crippen molar-refractivity contribution in [3.63, 3.8) is 0 Å². The highest BCUT2D eigenvalue weighted by molar-refractivity contribution is 5.33. The lowest BCUT2D eigenvalue weighted by Crippen LogP contribution is -2.37. The summed E-state index contributed by atoms with van der Waals surface area (Å²) in [6.45, 7) is 0. The van der Waals surface area contributed by atoms with E-state index in [2.05, 4.69) is 10.1 Å². The maximum Gasteiger partial charge on any atom is 0.354 e. The fraction of sp³-hybridized carbons (Fsp3) is 0.167. The standard InChI is InChI=1S/C6H6N4O2/c1-9-5(11)8-4-2-3-7-10(4)6(9)12/h2-3H,1H3,(H,8,11). The Kier molecular flexibility index (Phi) is 1.18. The number of nitrogens with one attached hydrogen (secondary N) is 1. The number of aromatic amines is 1. The molecule has 0 radical (unpaired) electrons. The molecule has 0 aliphatic heterocycles. The second kappa shape index (κ2) is 2.07. The first-order valence-electron chi connectivity index (χ1n) is 3.33. The van der Waals surface area contributed by atoms with Crippen LogP contribution in [0.5, 0.6) is 0 Å². The Bertz CT molecular complexity index is 532. The molecule has 1 N–H and O–H groups in total. The van der Waals surface area contributed by atoms with Crippen LogP contribution in [0.25, 0.3) is 5.65 Å². The lowest BCUT2D eigenvalue weighted by molar-refractivity contribution is 0.687. The summed E-state index contributed by atoms with van der Waals surface area (Å²) in [5, 5.41) is 3.73. The molecule has 0 aliphatic carbocycles. The second-order valence-corrected chi connectivity index (χ2v) is 2.40. The van der Waals surface area contributed by atoms with Crippen LogP contribution in [-0.4, -0.2) is 19.2 Å². The van der Waals surface area contributed by atoms with Gasteiger partial charge in [-0.3, -0.25) is 4.98 Å². The number of nitrogens with zero attached hydrogens (tertiary/aromatic N) is 3. The van der Waals surface area contributed by atoms with Gasteiger partial charge in [0.1, 0.15) is 5.65 Å². The normalized spacial score (nSPS) is 10.8. The molecular formula is C6H6N4O2. The summed E-state index contributed by atoms with van der Waals surface area (Å²) < 4.78 is 2.08. The summed E-state index contributed by atoms with van der Waals surface area (Å²) in [6, 6.07) is 1.56. The number of H-pyrrole nitrogens is 1. The van der Waals surface area contributed by atoms with E-state index in [0.717, 1.165) is 9.08 Å². The average molecular weight is 166 g/mol. The molecular weight excluding hydrogens is 160 g/mol. The van der Waals surface area contributed by atoms with Gasteiger partial charge in [-0.15, -0.1) is 0 Å². The van der Waals surface area contributed by atoms with Crippen LogP contribution in [0.1, 0.15) is 0 Å². The molecule has 0 saturated carbocycles. The Hall–Kier alpha value is -1.85. The Balaban J connectivity index is 3.16. The first-order chi connectivity index (χ1) is 5.70. The Morgan fingerprint density at radius 1 is 1.50 bits per heavy atom. The van der Waals surface area contributed by atoms with Crippen molar-refractivity contribution >= 4 is 5.65 Å². The monoisotopic (exact) mass is 166 g/mol. The zero-order valence-electron chi connectivity index (χ0n) is 6.31. The molecule has 0 aliphatic rings. The van der Waals surface area contributed by atoms with E-state index in [1.54, 1.807) is 6.07 Å². The van der Waals surface area contributed by atoms with Crippen LogP contribution in [0, 0.1) is 0 Å². The summed E-state index contributed by atoms with van der Waals surface area (Å²) in [7, 11) is 1.39. The van der Waals surface area contributed by atoms with E-state index in [9.17, 15) is 9.59 Å². The lowest BCUT2D eigenvalue weighted by atomic mass is 10.7. The molecule has 0 spiro atoms. The van der Waals surface area contributed by atoms with Crippen molar-refractivity contribution in [1.82, 2.24) is 19.2 Å². The Morgan fingerprint density at radius 3 is 3.00 bits per heavy atom. The molecule has 12 heavy (non-hydrogen) atoms. The van der Waals surface area contributed by atoms with Crippen LogP contribution in [-0.2, 0) is 7.05 Å². The molecule has 2 aromatic rings. The molecule has 0 aromatic carbocycles. The summed E-state index contributed by atoms with van der Waals surface area (Å²) in [4.78, 5) is 24.8. The minimum absolute atomic E-state index is 0.406. The average Bonchev–Trinajstić information content (AvgIpc) is 2.48. The van der Waals surface area contributed by atoms with E-state index < -0.39 is 11.4 Å². The van der Waals surface area contributed by atoms with Crippen molar-refractivity contribution in [2.75, 3.05) is 0 Å². The molecule has 0 unspecified atom stereocenters. The molecule has 0 amide bonds. The molecule has 0 bridgehead atoms. The fourth-order valence-corrected chi connectivity index (χ4v) is 0.973. The zero-order chi connectivity index (χ0) is 8.72. The quantitative estimate of drug-likeness (QED) is 0.530. The molecule has 0 atom stereocenters. The van der Waals surface area contributed by atoms with Gasteiger partial charge in [0.05, 0.1) is 6.20 Å². The molecule has 6 heteroatoms. The highest BCUT2D eigenvalue weighted by atomic mass is 16.2. The van der Waals surface area contributed by atoms with Crippen molar-refractivity contribution < 1.29 is 0 Å². The predicted molar refractivity (Wildman–Crippen MR) is 41.1 cm³/mol. The molecule has 2 aromatic heterocycles. The topological polar surface area (TPSA) is 72.2 Å². The predicted octanol–water partition coefficient (Wildman–Crippen LogP) is -1.28. The van der Waals surface area contributed by atoms with Crippen LogP contribution in [0.2, 0.25) is 0 Å². The van der Waals surface area contributed by atoms with Crippen LogP contribution < -0.4 is 11.4 Å². The highest BCUT2D eigenvalue weighted by Crippen LogP contribution is 1.86. The molecule has 2 heterocycles. The summed E-state index contributed by atoms with van der Waals surface area (Å²) >= 11 is 0. The molecule has 62 valence electrons. The minimum atomic E-state index is -0.446. The van der Waals surface area contributed by atoms with Gasteiger partial charge >= 0.3 is 11.4 Å². The van der Waals surface area contributed by atoms with E-state index in [1.165, 1.54) is 13.2 Å². The van der Waals surface area contributed by atoms with Gasteiger partial charge in [-0.2, -0.15) is 9.61 Å². The third-order valence-electron chi connectivity index (χ3n) is 1.65.